The molecule has 0 atom stereocenters. The first kappa shape index (κ1) is 33.6. The van der Waals surface area contributed by atoms with Crippen LogP contribution >= 0.6 is 0 Å². The highest BCUT2D eigenvalue weighted by atomic mass is 12.7. The highest BCUT2D eigenvalue weighted by molar-refractivity contribution is 5.75. The van der Waals surface area contributed by atoms with E-state index < -0.39 is 0 Å². The summed E-state index contributed by atoms with van der Waals surface area (Å²) in [5.74, 6) is 0. The first-order valence-corrected chi connectivity index (χ1v) is 1.50. The molecule has 0 saturated carbocycles. The zero-order valence-electron chi connectivity index (χ0n) is 4.24. The van der Waals surface area contributed by atoms with Crippen LogP contribution in [0.2, 0.25) is 0 Å². The highest BCUT2D eigenvalue weighted by Crippen LogP contribution is 0.866. The number of hydrogen-bond acceptors (Lipinski definition) is 0. The summed E-state index contributed by atoms with van der Waals surface area (Å²) in [5.41, 5.74) is 0. The third-order valence-corrected chi connectivity index (χ3v) is 0. The predicted octanol–water partition coefficient (Wildman–Crippen LogP) is 1.22. The molecular weight excluding hydrogens is 82.9 g/mol. The van der Waals surface area contributed by atoms with Gasteiger partial charge in [0.2, 0.25) is 0 Å². The zero-order chi connectivity index (χ0) is 6.00. The molecule has 1 heteroatoms. The maximum absolute atomic E-state index is 3.00. The molecule has 0 bridgehead atoms. The van der Waals surface area contributed by atoms with Crippen LogP contribution in [0.25, 0.3) is 0 Å². The van der Waals surface area contributed by atoms with E-state index in [1.807, 2.05) is 0 Å². The lowest BCUT2D eigenvalue weighted by Crippen LogP contribution is -0.552. The summed E-state index contributed by atoms with van der Waals surface area (Å²) in [4.78, 5) is 0. The van der Waals surface area contributed by atoms with E-state index in [2.05, 4.69) is 39.5 Å². The molecule has 0 heterocycles. The molecule has 0 unspecified atom stereocenters. The van der Waals surface area contributed by atoms with E-state index in [9.17, 15) is 0 Å². The molecule has 0 aromatic rings. The van der Waals surface area contributed by atoms with Crippen LogP contribution in [0.1, 0.15) is 0 Å². The van der Waals surface area contributed by atoms with Crippen molar-refractivity contribution in [2.24, 2.45) is 0 Å². The largest absolute Gasteiger partial charge is 0.106 e. The Labute approximate surface area is 48.8 Å². The molecule has 0 rings (SSSR count). The van der Waals surface area contributed by atoms with Crippen molar-refractivity contribution in [2.45, 2.75) is 0 Å². The van der Waals surface area contributed by atoms with E-state index >= 15 is 0 Å². The highest BCUT2D eigenvalue weighted by Gasteiger charge is 0.605. The van der Waals surface area contributed by atoms with Gasteiger partial charge in [-0.1, -0.05) is 0 Å². The molecule has 7 heavy (non-hydrogen) atoms. The first-order chi connectivity index (χ1) is 3.00. The van der Waals surface area contributed by atoms with Crippen molar-refractivity contribution >= 4 is 8.41 Å². The van der Waals surface area contributed by atoms with Gasteiger partial charge in [-0.05, 0) is 0 Å². The molecule has 0 N–H and O–H groups in total. The monoisotopic (exact) mass is 98.1 g/mol. The number of rotatable bonds is 0. The van der Waals surface area contributed by atoms with Gasteiger partial charge in [-0.2, -0.15) is 0 Å². The maximum atomic E-state index is 3.00. The van der Waals surface area contributed by atoms with Gasteiger partial charge in [-0.3, -0.25) is 0 Å². The van der Waals surface area contributed by atoms with Crippen LogP contribution in [0.4, 0.5) is 0 Å². The molecule has 0 aliphatic carbocycles. The average Bonchev–Trinajstić information content (AvgIpc) is 1.81. The third kappa shape index (κ3) is 112. The van der Waals surface area contributed by atoms with Crippen LogP contribution in [0.5, 0.6) is 0 Å². The van der Waals surface area contributed by atoms with Crippen molar-refractivity contribution in [1.29, 1.82) is 0 Å². The summed E-state index contributed by atoms with van der Waals surface area (Å²) in [6.07, 6.45) is 0. The lowest BCUT2D eigenvalue weighted by molar-refractivity contribution is 2.81. The molecule has 0 saturated heterocycles. The van der Waals surface area contributed by atoms with E-state index in [4.69, 9.17) is 0 Å². The minimum absolute atomic E-state index is 0. The van der Waals surface area contributed by atoms with Gasteiger partial charge >= 0.3 is 0 Å². The minimum atomic E-state index is 0. The summed E-state index contributed by atoms with van der Waals surface area (Å²) in [6.45, 7) is 18.0. The molecule has 0 aromatic heterocycles. The molecule has 0 amide bonds. The summed E-state index contributed by atoms with van der Waals surface area (Å²) in [7, 11) is 0. The second-order valence-electron chi connectivity index (χ2n) is 0. The van der Waals surface area contributed by atoms with E-state index in [-0.39, 0.29) is 8.41 Å². The lowest BCUT2D eigenvalue weighted by atomic mass is 10.8. The summed E-state index contributed by atoms with van der Waals surface area (Å²) in [5, 5.41) is 0. The average molecular weight is 98.0 g/mol. The van der Waals surface area contributed by atoms with Gasteiger partial charge in [0.05, 0.1) is 8.41 Å². The Balaban J connectivity index is -0.00000000900. The second kappa shape index (κ2) is 190. The maximum Gasteiger partial charge on any atom is 0.0814 e. The van der Waals surface area contributed by atoms with Gasteiger partial charge in [0.15, 0.2) is 0 Å². The van der Waals surface area contributed by atoms with Crippen molar-refractivity contribution in [2.75, 3.05) is 0 Å². The van der Waals surface area contributed by atoms with Gasteiger partial charge in [-0.25, -0.2) is 0 Å². The third-order valence-electron chi connectivity index (χ3n) is 0. The van der Waals surface area contributed by atoms with E-state index in [1.165, 1.54) is 0 Å². The molecule has 0 aromatic carbocycles. The normalized spacial score (nSPS) is 1.71. The van der Waals surface area contributed by atoms with Crippen LogP contribution in [0.15, 0.2) is 39.5 Å². The molecular formula is C6H15B. The minimum Gasteiger partial charge on any atom is -0.106 e. The van der Waals surface area contributed by atoms with Crippen LogP contribution in [-0.4, -0.2) is 8.41 Å². The Morgan fingerprint density at radius 2 is 0.429 bits per heavy atom. The molecule has 42 valence electrons. The number of hydrogen-bond donors (Lipinski definition) is 0. The molecule has 0 fully saturated rings. The Morgan fingerprint density at radius 1 is 0.429 bits per heavy atom. The van der Waals surface area contributed by atoms with Gasteiger partial charge in [0.25, 0.3) is 0 Å². The lowest BCUT2D eigenvalue weighted by Gasteiger charge is -0.813. The summed E-state index contributed by atoms with van der Waals surface area (Å²) < 4.78 is 0. The van der Waals surface area contributed by atoms with E-state index in [0.29, 0.717) is 0 Å². The van der Waals surface area contributed by atoms with E-state index in [0.717, 1.165) is 0 Å². The standard InChI is InChI=1S/3C2H4.BH3/c3*1-2;/h3*1-2H2;1H3. The molecule has 0 radical (unpaired) electrons. The fourth-order valence-corrected chi connectivity index (χ4v) is 0. The van der Waals surface area contributed by atoms with Crippen molar-refractivity contribution in [3.63, 3.8) is 0 Å². The quantitative estimate of drug-likeness (QED) is 0.315. The fraction of sp³-hybridized carbons (Fsp3) is 0. The first-order valence-electron chi connectivity index (χ1n) is 1.50. The Kier molecular flexibility index (Phi) is 912. The smallest absolute Gasteiger partial charge is 0.0814 e. The summed E-state index contributed by atoms with van der Waals surface area (Å²) >= 11 is 0. The molecule has 0 aliphatic rings. The van der Waals surface area contributed by atoms with Gasteiger partial charge < -0.3 is 0 Å². The van der Waals surface area contributed by atoms with Crippen LogP contribution in [-0.2, 0) is 0 Å². The topological polar surface area (TPSA) is 0 Å². The fourth-order valence-electron chi connectivity index (χ4n) is 0. The summed E-state index contributed by atoms with van der Waals surface area (Å²) in [6, 6.07) is 0. The molecule has 0 aliphatic heterocycles. The molecule has 0 spiro atoms. The van der Waals surface area contributed by atoms with Gasteiger partial charge in [0, 0.05) is 0 Å². The molecule has 0 nitrogen and oxygen atoms in total. The van der Waals surface area contributed by atoms with Crippen molar-refractivity contribution < 1.29 is 0 Å². The zero-order valence-corrected chi connectivity index (χ0v) is 4.24. The Hall–Kier alpha value is -0.715. The second-order valence-corrected chi connectivity index (χ2v) is 0. The van der Waals surface area contributed by atoms with Crippen molar-refractivity contribution in [3.05, 3.63) is 39.5 Å². The van der Waals surface area contributed by atoms with Crippen LogP contribution < -0.4 is 0 Å². The van der Waals surface area contributed by atoms with Crippen LogP contribution in [0, 0.1) is 0 Å². The van der Waals surface area contributed by atoms with Crippen LogP contribution in [0.3, 0.4) is 0 Å². The van der Waals surface area contributed by atoms with Gasteiger partial charge in [-0.15, -0.1) is 39.5 Å². The van der Waals surface area contributed by atoms with Crippen molar-refractivity contribution in [1.82, 2.24) is 0 Å². The Bertz CT molecular complexity index is 8.90. The van der Waals surface area contributed by atoms with E-state index in [1.54, 1.807) is 0 Å². The Morgan fingerprint density at radius 3 is 0.429 bits per heavy atom. The van der Waals surface area contributed by atoms with Crippen molar-refractivity contribution in [3.8, 4) is 0 Å². The predicted molar refractivity (Wildman–Crippen MR) is 43.7 cm³/mol. The van der Waals surface area contributed by atoms with Gasteiger partial charge in [0.1, 0.15) is 0 Å². The SMILES string of the molecule is B.C=C.C=C.C=C.